The van der Waals surface area contributed by atoms with Crippen molar-refractivity contribution >= 4 is 11.1 Å². The first-order chi connectivity index (χ1) is 9.12. The van der Waals surface area contributed by atoms with Gasteiger partial charge in [0, 0.05) is 6.54 Å². The Hall–Kier alpha value is -0.710. The van der Waals surface area contributed by atoms with Crippen molar-refractivity contribution in [2.75, 3.05) is 27.2 Å². The summed E-state index contributed by atoms with van der Waals surface area (Å²) in [4.78, 5) is 2.83. The molecule has 0 radical (unpaired) electrons. The molecule has 0 aliphatic carbocycles. The van der Waals surface area contributed by atoms with E-state index < -0.39 is 11.1 Å². The molecule has 0 heterocycles. The van der Waals surface area contributed by atoms with E-state index in [4.69, 9.17) is 4.18 Å². The van der Waals surface area contributed by atoms with Gasteiger partial charge in [-0.3, -0.25) is 4.18 Å². The normalized spacial score (nSPS) is 13.8. The number of rotatable bonds is 5. The molecule has 1 aromatic carbocycles. The second-order valence-corrected chi connectivity index (χ2v) is 7.66. The van der Waals surface area contributed by atoms with Gasteiger partial charge in [-0.2, -0.15) is 0 Å². The molecular weight excluding hydrogens is 270 g/mol. The largest absolute Gasteiger partial charge is 0.307 e. The third-order valence-corrected chi connectivity index (χ3v) is 4.58. The SMILES string of the molecule is Cc1cc(C(C)(C)C)cc(C)c1S(=O)OCCN(C)C. The van der Waals surface area contributed by atoms with Gasteiger partial charge in [0.15, 0.2) is 11.1 Å². The molecule has 0 aliphatic heterocycles. The van der Waals surface area contributed by atoms with Gasteiger partial charge in [-0.25, -0.2) is 4.21 Å². The Morgan fingerprint density at radius 2 is 1.65 bits per heavy atom. The summed E-state index contributed by atoms with van der Waals surface area (Å²) in [6.07, 6.45) is 0. The highest BCUT2D eigenvalue weighted by atomic mass is 32.2. The Morgan fingerprint density at radius 3 is 2.05 bits per heavy atom. The summed E-state index contributed by atoms with van der Waals surface area (Å²) in [7, 11) is 3.95. The molecule has 3 nitrogen and oxygen atoms in total. The van der Waals surface area contributed by atoms with E-state index in [0.717, 1.165) is 22.6 Å². The summed E-state index contributed by atoms with van der Waals surface area (Å²) in [5.74, 6) is 0. The highest BCUT2D eigenvalue weighted by Crippen LogP contribution is 2.28. The van der Waals surface area contributed by atoms with Crippen LogP contribution >= 0.6 is 0 Å². The first-order valence-electron chi connectivity index (χ1n) is 6.94. The van der Waals surface area contributed by atoms with Gasteiger partial charge in [0.1, 0.15) is 0 Å². The molecule has 20 heavy (non-hydrogen) atoms. The van der Waals surface area contributed by atoms with E-state index in [0.29, 0.717) is 6.61 Å². The van der Waals surface area contributed by atoms with Crippen molar-refractivity contribution in [3.63, 3.8) is 0 Å². The fraction of sp³-hybridized carbons (Fsp3) is 0.625. The number of likely N-dealkylation sites (N-methyl/N-ethyl adjacent to an activating group) is 1. The highest BCUT2D eigenvalue weighted by Gasteiger charge is 2.19. The van der Waals surface area contributed by atoms with Crippen molar-refractivity contribution in [1.82, 2.24) is 4.90 Å². The van der Waals surface area contributed by atoms with Crippen LogP contribution in [0.25, 0.3) is 0 Å². The Balaban J connectivity index is 2.94. The van der Waals surface area contributed by atoms with Crippen LogP contribution in [-0.4, -0.2) is 36.4 Å². The zero-order valence-electron chi connectivity index (χ0n) is 13.7. The molecular formula is C16H27NO2S. The van der Waals surface area contributed by atoms with Gasteiger partial charge < -0.3 is 4.90 Å². The fourth-order valence-electron chi connectivity index (χ4n) is 2.00. The molecule has 0 fully saturated rings. The molecule has 0 N–H and O–H groups in total. The van der Waals surface area contributed by atoms with Gasteiger partial charge in [-0.1, -0.05) is 32.9 Å². The minimum atomic E-state index is -1.38. The lowest BCUT2D eigenvalue weighted by molar-refractivity contribution is 0.280. The van der Waals surface area contributed by atoms with Crippen molar-refractivity contribution in [1.29, 1.82) is 0 Å². The zero-order chi connectivity index (χ0) is 15.5. The number of benzene rings is 1. The Morgan fingerprint density at radius 1 is 1.15 bits per heavy atom. The van der Waals surface area contributed by atoms with Crippen LogP contribution < -0.4 is 0 Å². The third-order valence-electron chi connectivity index (χ3n) is 3.22. The van der Waals surface area contributed by atoms with Gasteiger partial charge in [0.2, 0.25) is 0 Å². The van der Waals surface area contributed by atoms with Gasteiger partial charge in [0.25, 0.3) is 0 Å². The van der Waals surface area contributed by atoms with E-state index >= 15 is 0 Å². The number of nitrogens with zero attached hydrogens (tertiary/aromatic N) is 1. The lowest BCUT2D eigenvalue weighted by atomic mass is 9.85. The molecule has 0 amide bonds. The molecule has 0 bridgehead atoms. The van der Waals surface area contributed by atoms with Crippen LogP contribution in [0.1, 0.15) is 37.5 Å². The molecule has 0 saturated heterocycles. The molecule has 1 rings (SSSR count). The first-order valence-corrected chi connectivity index (χ1v) is 8.02. The van der Waals surface area contributed by atoms with Gasteiger partial charge in [-0.05, 0) is 50.0 Å². The van der Waals surface area contributed by atoms with Crippen molar-refractivity contribution in [3.05, 3.63) is 28.8 Å². The third kappa shape index (κ3) is 4.69. The van der Waals surface area contributed by atoms with E-state index in [2.05, 4.69) is 32.9 Å². The van der Waals surface area contributed by atoms with E-state index in [1.165, 1.54) is 5.56 Å². The van der Waals surface area contributed by atoms with Crippen molar-refractivity contribution in [3.8, 4) is 0 Å². The quantitative estimate of drug-likeness (QED) is 0.836. The van der Waals surface area contributed by atoms with Crippen LogP contribution in [0.3, 0.4) is 0 Å². The van der Waals surface area contributed by atoms with Crippen LogP contribution in [-0.2, 0) is 20.7 Å². The zero-order valence-corrected chi connectivity index (χ0v) is 14.6. The summed E-state index contributed by atoms with van der Waals surface area (Å²) >= 11 is -1.38. The van der Waals surface area contributed by atoms with E-state index in [1.807, 2.05) is 32.8 Å². The molecule has 4 heteroatoms. The smallest absolute Gasteiger partial charge is 0.189 e. The maximum atomic E-state index is 12.3. The van der Waals surface area contributed by atoms with E-state index in [9.17, 15) is 4.21 Å². The lowest BCUT2D eigenvalue weighted by Gasteiger charge is -2.22. The average Bonchev–Trinajstić information content (AvgIpc) is 2.26. The monoisotopic (exact) mass is 297 g/mol. The van der Waals surface area contributed by atoms with Crippen LogP contribution in [0.15, 0.2) is 17.0 Å². The average molecular weight is 297 g/mol. The Bertz CT molecular complexity index is 467. The summed E-state index contributed by atoms with van der Waals surface area (Å²) < 4.78 is 17.8. The summed E-state index contributed by atoms with van der Waals surface area (Å²) in [6, 6.07) is 4.24. The van der Waals surface area contributed by atoms with E-state index in [1.54, 1.807) is 0 Å². The fourth-order valence-corrected chi connectivity index (χ4v) is 2.99. The molecule has 0 saturated carbocycles. The number of aryl methyl sites for hydroxylation is 2. The van der Waals surface area contributed by atoms with Gasteiger partial charge >= 0.3 is 0 Å². The predicted octanol–water partition coefficient (Wildman–Crippen LogP) is 3.20. The van der Waals surface area contributed by atoms with Crippen LogP contribution in [0.2, 0.25) is 0 Å². The second-order valence-electron chi connectivity index (χ2n) is 6.55. The molecule has 0 spiro atoms. The highest BCUT2D eigenvalue weighted by molar-refractivity contribution is 7.80. The number of hydrogen-bond donors (Lipinski definition) is 0. The molecule has 114 valence electrons. The maximum absolute atomic E-state index is 12.3. The van der Waals surface area contributed by atoms with Crippen molar-refractivity contribution < 1.29 is 8.39 Å². The lowest BCUT2D eigenvalue weighted by Crippen LogP contribution is -2.19. The van der Waals surface area contributed by atoms with Crippen molar-refractivity contribution in [2.45, 2.75) is 44.9 Å². The second kappa shape index (κ2) is 6.83. The minimum Gasteiger partial charge on any atom is -0.307 e. The number of hydrogen-bond acceptors (Lipinski definition) is 3. The molecule has 0 aliphatic rings. The summed E-state index contributed by atoms with van der Waals surface area (Å²) in [5, 5.41) is 0. The van der Waals surface area contributed by atoms with Gasteiger partial charge in [-0.15, -0.1) is 0 Å². The molecule has 1 atom stereocenters. The van der Waals surface area contributed by atoms with Gasteiger partial charge in [0.05, 0.1) is 11.5 Å². The molecule has 1 unspecified atom stereocenters. The maximum Gasteiger partial charge on any atom is 0.189 e. The van der Waals surface area contributed by atoms with Crippen LogP contribution in [0.5, 0.6) is 0 Å². The Kier molecular flexibility index (Phi) is 5.92. The van der Waals surface area contributed by atoms with E-state index in [-0.39, 0.29) is 5.41 Å². The van der Waals surface area contributed by atoms with Crippen LogP contribution in [0.4, 0.5) is 0 Å². The van der Waals surface area contributed by atoms with Crippen LogP contribution in [0, 0.1) is 13.8 Å². The molecule has 0 aromatic heterocycles. The standard InChI is InChI=1S/C16H27NO2S/c1-12-10-14(16(3,4)5)11-13(2)15(12)20(18)19-9-8-17(6)7/h10-11H,8-9H2,1-7H3. The Labute approximate surface area is 126 Å². The minimum absolute atomic E-state index is 0.0985. The first kappa shape index (κ1) is 17.3. The molecule has 1 aromatic rings. The predicted molar refractivity (Wildman–Crippen MR) is 85.5 cm³/mol. The summed E-state index contributed by atoms with van der Waals surface area (Å²) in [6.45, 7) is 11.8. The summed E-state index contributed by atoms with van der Waals surface area (Å²) in [5.41, 5.74) is 3.44. The topological polar surface area (TPSA) is 29.5 Å². The van der Waals surface area contributed by atoms with Crippen molar-refractivity contribution in [2.24, 2.45) is 0 Å².